The Labute approximate surface area is 180 Å². The van der Waals surface area contributed by atoms with Gasteiger partial charge in [-0.3, -0.25) is 14.7 Å². The van der Waals surface area contributed by atoms with Crippen molar-refractivity contribution in [1.29, 1.82) is 0 Å². The summed E-state index contributed by atoms with van der Waals surface area (Å²) in [5.41, 5.74) is 10.2. The predicted molar refractivity (Wildman–Crippen MR) is 121 cm³/mol. The molecule has 2 aromatic carbocycles. The third kappa shape index (κ3) is 4.90. The molecule has 1 amide bonds. The Morgan fingerprint density at radius 3 is 2.68 bits per heavy atom. The molecule has 31 heavy (non-hydrogen) atoms. The van der Waals surface area contributed by atoms with Crippen LogP contribution in [0.5, 0.6) is 0 Å². The Hall–Kier alpha value is -3.71. The van der Waals surface area contributed by atoms with Crippen molar-refractivity contribution in [3.05, 3.63) is 78.1 Å². The smallest absolute Gasteiger partial charge is 0.269 e. The highest BCUT2D eigenvalue weighted by atomic mass is 16.2. The fourth-order valence-electron chi connectivity index (χ4n) is 3.59. The van der Waals surface area contributed by atoms with Gasteiger partial charge in [-0.25, -0.2) is 0 Å². The number of fused-ring (bicyclic) bond motifs is 1. The molecule has 0 aliphatic heterocycles. The second-order valence-corrected chi connectivity index (χ2v) is 7.53. The zero-order chi connectivity index (χ0) is 21.6. The van der Waals surface area contributed by atoms with Gasteiger partial charge in [0.1, 0.15) is 11.5 Å². The van der Waals surface area contributed by atoms with Crippen molar-refractivity contribution in [3.63, 3.8) is 0 Å². The summed E-state index contributed by atoms with van der Waals surface area (Å²) in [4.78, 5) is 27.9. The van der Waals surface area contributed by atoms with E-state index in [0.717, 1.165) is 22.0 Å². The van der Waals surface area contributed by atoms with Gasteiger partial charge in [-0.05, 0) is 30.5 Å². The molecule has 0 saturated carbocycles. The van der Waals surface area contributed by atoms with Crippen molar-refractivity contribution in [2.45, 2.75) is 25.3 Å². The van der Waals surface area contributed by atoms with E-state index in [0.29, 0.717) is 37.2 Å². The maximum Gasteiger partial charge on any atom is 0.269 e. The number of para-hydroxylation sites is 1. The maximum atomic E-state index is 12.4. The highest BCUT2D eigenvalue weighted by Gasteiger charge is 2.16. The third-order valence-corrected chi connectivity index (χ3v) is 5.31. The molecule has 0 spiro atoms. The standard InChI is InChI=1S/C24H25N5O2/c25-19(13-17-15-27-20-10-5-4-9-18(17)20)23(30)11-6-12-26-24(31)22-14-21(28-29-22)16-7-2-1-3-8-16/h1-5,7-10,14-15,19,27H,6,11-13,25H2,(H,26,31)(H,28,29)/t19-/m0/s1. The van der Waals surface area contributed by atoms with Crippen LogP contribution in [-0.2, 0) is 11.2 Å². The number of hydrogen-bond donors (Lipinski definition) is 4. The Morgan fingerprint density at radius 2 is 1.84 bits per heavy atom. The monoisotopic (exact) mass is 415 g/mol. The van der Waals surface area contributed by atoms with E-state index < -0.39 is 6.04 Å². The van der Waals surface area contributed by atoms with Crippen LogP contribution in [0.25, 0.3) is 22.2 Å². The normalized spacial score (nSPS) is 12.0. The first-order valence-corrected chi connectivity index (χ1v) is 10.3. The van der Waals surface area contributed by atoms with E-state index in [-0.39, 0.29) is 11.7 Å². The molecule has 2 aromatic heterocycles. The van der Waals surface area contributed by atoms with Gasteiger partial charge in [-0.15, -0.1) is 0 Å². The minimum absolute atomic E-state index is 0.00701. The lowest BCUT2D eigenvalue weighted by molar-refractivity contribution is -0.120. The maximum absolute atomic E-state index is 12.4. The summed E-state index contributed by atoms with van der Waals surface area (Å²) in [5.74, 6) is -0.252. The van der Waals surface area contributed by atoms with Gasteiger partial charge in [0, 0.05) is 35.6 Å². The van der Waals surface area contributed by atoms with Crippen molar-refractivity contribution >= 4 is 22.6 Å². The minimum atomic E-state index is -0.559. The summed E-state index contributed by atoms with van der Waals surface area (Å²) < 4.78 is 0. The van der Waals surface area contributed by atoms with Gasteiger partial charge in [0.15, 0.2) is 0 Å². The summed E-state index contributed by atoms with van der Waals surface area (Å²) in [7, 11) is 0. The lowest BCUT2D eigenvalue weighted by atomic mass is 10.00. The SMILES string of the molecule is N[C@@H](Cc1c[nH]c2ccccc12)C(=O)CCCNC(=O)c1cc(-c2ccccc2)n[nH]1. The van der Waals surface area contributed by atoms with Crippen LogP contribution in [0.4, 0.5) is 0 Å². The quantitative estimate of drug-likeness (QED) is 0.314. The van der Waals surface area contributed by atoms with Crippen molar-refractivity contribution in [1.82, 2.24) is 20.5 Å². The van der Waals surface area contributed by atoms with Crippen LogP contribution in [-0.4, -0.2) is 39.5 Å². The molecule has 4 rings (SSSR count). The fourth-order valence-corrected chi connectivity index (χ4v) is 3.59. The number of nitrogens with two attached hydrogens (primary N) is 1. The minimum Gasteiger partial charge on any atom is -0.361 e. The fraction of sp³-hybridized carbons (Fsp3) is 0.208. The van der Waals surface area contributed by atoms with E-state index in [1.165, 1.54) is 0 Å². The van der Waals surface area contributed by atoms with Crippen LogP contribution in [0.2, 0.25) is 0 Å². The Bertz CT molecular complexity index is 1180. The van der Waals surface area contributed by atoms with Crippen molar-refractivity contribution < 1.29 is 9.59 Å². The van der Waals surface area contributed by atoms with Crippen LogP contribution < -0.4 is 11.1 Å². The average Bonchev–Trinajstić information content (AvgIpc) is 3.45. The number of hydrogen-bond acceptors (Lipinski definition) is 4. The molecule has 0 aliphatic rings. The summed E-state index contributed by atoms with van der Waals surface area (Å²) in [6.45, 7) is 0.393. The van der Waals surface area contributed by atoms with Crippen LogP contribution >= 0.6 is 0 Å². The van der Waals surface area contributed by atoms with Crippen LogP contribution in [0.3, 0.4) is 0 Å². The van der Waals surface area contributed by atoms with Gasteiger partial charge in [0.2, 0.25) is 0 Å². The Kier molecular flexibility index (Phi) is 6.24. The predicted octanol–water partition coefficient (Wildman–Crippen LogP) is 3.21. The first kappa shape index (κ1) is 20.6. The van der Waals surface area contributed by atoms with Crippen LogP contribution in [0.15, 0.2) is 66.9 Å². The number of ketones is 1. The molecule has 0 fully saturated rings. The van der Waals surface area contributed by atoms with Gasteiger partial charge in [-0.1, -0.05) is 48.5 Å². The highest BCUT2D eigenvalue weighted by molar-refractivity contribution is 5.93. The van der Waals surface area contributed by atoms with E-state index >= 15 is 0 Å². The van der Waals surface area contributed by atoms with Gasteiger partial charge in [-0.2, -0.15) is 5.10 Å². The third-order valence-electron chi connectivity index (χ3n) is 5.31. The summed E-state index contributed by atoms with van der Waals surface area (Å²) >= 11 is 0. The van der Waals surface area contributed by atoms with Gasteiger partial charge >= 0.3 is 0 Å². The average molecular weight is 415 g/mol. The molecule has 5 N–H and O–H groups in total. The molecule has 158 valence electrons. The molecular weight excluding hydrogens is 390 g/mol. The zero-order valence-electron chi connectivity index (χ0n) is 17.1. The number of Topliss-reactive ketones (excluding diaryl/α,β-unsaturated/α-hetero) is 1. The van der Waals surface area contributed by atoms with Crippen molar-refractivity contribution in [3.8, 4) is 11.3 Å². The summed E-state index contributed by atoms with van der Waals surface area (Å²) in [6, 6.07) is 18.7. The number of H-pyrrole nitrogens is 2. The number of amides is 1. The Balaban J connectivity index is 1.22. The number of benzene rings is 2. The number of rotatable bonds is 9. The van der Waals surface area contributed by atoms with E-state index in [1.807, 2.05) is 60.8 Å². The van der Waals surface area contributed by atoms with E-state index in [2.05, 4.69) is 20.5 Å². The molecule has 0 saturated heterocycles. The first-order chi connectivity index (χ1) is 15.1. The molecule has 0 aliphatic carbocycles. The molecule has 7 heteroatoms. The molecule has 0 unspecified atom stereocenters. The molecule has 7 nitrogen and oxygen atoms in total. The Morgan fingerprint density at radius 1 is 1.06 bits per heavy atom. The summed E-state index contributed by atoms with van der Waals surface area (Å²) in [5, 5.41) is 10.9. The lowest BCUT2D eigenvalue weighted by Gasteiger charge is -2.10. The number of aromatic amines is 2. The molecular formula is C24H25N5O2. The van der Waals surface area contributed by atoms with E-state index in [1.54, 1.807) is 6.07 Å². The summed E-state index contributed by atoms with van der Waals surface area (Å²) in [6.07, 6.45) is 3.26. The molecule has 0 bridgehead atoms. The first-order valence-electron chi connectivity index (χ1n) is 10.3. The topological polar surface area (TPSA) is 117 Å². The number of aromatic nitrogens is 3. The number of nitrogens with zero attached hydrogens (tertiary/aromatic N) is 1. The zero-order valence-corrected chi connectivity index (χ0v) is 17.1. The lowest BCUT2D eigenvalue weighted by Crippen LogP contribution is -2.33. The van der Waals surface area contributed by atoms with Crippen LogP contribution in [0.1, 0.15) is 28.9 Å². The van der Waals surface area contributed by atoms with Crippen molar-refractivity contribution in [2.75, 3.05) is 6.54 Å². The van der Waals surface area contributed by atoms with E-state index in [4.69, 9.17) is 5.73 Å². The van der Waals surface area contributed by atoms with Gasteiger partial charge < -0.3 is 16.0 Å². The molecule has 0 radical (unpaired) electrons. The second-order valence-electron chi connectivity index (χ2n) is 7.53. The van der Waals surface area contributed by atoms with Crippen LogP contribution in [0, 0.1) is 0 Å². The van der Waals surface area contributed by atoms with Crippen molar-refractivity contribution in [2.24, 2.45) is 5.73 Å². The number of carbonyl (C=O) groups excluding carboxylic acids is 2. The van der Waals surface area contributed by atoms with E-state index in [9.17, 15) is 9.59 Å². The number of nitrogens with one attached hydrogen (secondary N) is 3. The molecule has 2 heterocycles. The number of carbonyl (C=O) groups is 2. The van der Waals surface area contributed by atoms with Gasteiger partial charge in [0.05, 0.1) is 11.7 Å². The molecule has 1 atom stereocenters. The second kappa shape index (κ2) is 9.40. The highest BCUT2D eigenvalue weighted by Crippen LogP contribution is 2.19. The largest absolute Gasteiger partial charge is 0.361 e. The molecule has 4 aromatic rings. The van der Waals surface area contributed by atoms with Gasteiger partial charge in [0.25, 0.3) is 5.91 Å².